The van der Waals surface area contributed by atoms with Crippen molar-refractivity contribution in [2.75, 3.05) is 5.32 Å². The number of rotatable bonds is 3. The fourth-order valence-electron chi connectivity index (χ4n) is 1.16. The Bertz CT molecular complexity index is 319. The lowest BCUT2D eigenvalue weighted by Crippen LogP contribution is -2.28. The van der Waals surface area contributed by atoms with Crippen LogP contribution < -0.4 is 5.32 Å². The third-order valence-corrected chi connectivity index (χ3v) is 1.73. The van der Waals surface area contributed by atoms with Crippen molar-refractivity contribution in [3.8, 4) is 0 Å². The summed E-state index contributed by atoms with van der Waals surface area (Å²) in [4.78, 5) is 0. The Labute approximate surface area is 85.0 Å². The molecule has 1 aromatic rings. The highest BCUT2D eigenvalue weighted by molar-refractivity contribution is 5.29. The smallest absolute Gasteiger partial charge is 0.225 e. The number of nitrogens with one attached hydrogen (secondary N) is 1. The number of hydrogen-bond acceptors (Lipinski definition) is 3. The number of aromatic nitrogens is 3. The van der Waals surface area contributed by atoms with Crippen LogP contribution in [0.15, 0.2) is 12.7 Å². The Morgan fingerprint density at radius 1 is 1.43 bits per heavy atom. The van der Waals surface area contributed by atoms with Crippen LogP contribution in [0.1, 0.15) is 26.6 Å². The van der Waals surface area contributed by atoms with E-state index in [9.17, 15) is 0 Å². The second-order valence-corrected chi connectivity index (χ2v) is 4.35. The Kier molecular flexibility index (Phi) is 2.93. The maximum Gasteiger partial charge on any atom is 0.225 e. The van der Waals surface area contributed by atoms with Gasteiger partial charge < -0.3 is 5.32 Å². The van der Waals surface area contributed by atoms with E-state index in [1.807, 2.05) is 17.6 Å². The molecule has 1 heterocycles. The van der Waals surface area contributed by atoms with Crippen LogP contribution in [0, 0.1) is 6.92 Å². The van der Waals surface area contributed by atoms with Crippen molar-refractivity contribution < 1.29 is 0 Å². The van der Waals surface area contributed by atoms with Gasteiger partial charge in [-0.1, -0.05) is 6.08 Å². The van der Waals surface area contributed by atoms with Gasteiger partial charge in [0.05, 0.1) is 0 Å². The van der Waals surface area contributed by atoms with Crippen LogP contribution in [0.25, 0.3) is 0 Å². The highest BCUT2D eigenvalue weighted by Gasteiger charge is 2.14. The molecule has 1 N–H and O–H groups in total. The third kappa shape index (κ3) is 2.58. The molecule has 1 rings (SSSR count). The zero-order chi connectivity index (χ0) is 10.8. The summed E-state index contributed by atoms with van der Waals surface area (Å²) in [5.41, 5.74) is -0.00159. The van der Waals surface area contributed by atoms with Gasteiger partial charge in [-0.3, -0.25) is 4.57 Å². The SMILES string of the molecule is C=CCn1c(C)nnc1NC(C)(C)C. The van der Waals surface area contributed by atoms with Crippen molar-refractivity contribution in [3.05, 3.63) is 18.5 Å². The summed E-state index contributed by atoms with van der Waals surface area (Å²) in [5, 5.41) is 11.4. The maximum atomic E-state index is 4.07. The lowest BCUT2D eigenvalue weighted by Gasteiger charge is -2.21. The molecule has 0 unspecified atom stereocenters. The Hall–Kier alpha value is -1.32. The second-order valence-electron chi connectivity index (χ2n) is 4.35. The number of nitrogens with zero attached hydrogens (tertiary/aromatic N) is 3. The second kappa shape index (κ2) is 3.82. The fourth-order valence-corrected chi connectivity index (χ4v) is 1.16. The van der Waals surface area contributed by atoms with Crippen molar-refractivity contribution in [2.24, 2.45) is 0 Å². The molecule has 0 aliphatic heterocycles. The summed E-state index contributed by atoms with van der Waals surface area (Å²) in [7, 11) is 0. The number of allylic oxidation sites excluding steroid dienone is 1. The summed E-state index contributed by atoms with van der Waals surface area (Å²) < 4.78 is 2.00. The van der Waals surface area contributed by atoms with Gasteiger partial charge >= 0.3 is 0 Å². The van der Waals surface area contributed by atoms with Crippen LogP contribution in [0.4, 0.5) is 5.95 Å². The average Bonchev–Trinajstić information content (AvgIpc) is 2.33. The minimum absolute atomic E-state index is 0.00159. The minimum Gasteiger partial charge on any atom is -0.350 e. The first-order chi connectivity index (χ1) is 6.44. The van der Waals surface area contributed by atoms with Gasteiger partial charge in [-0.25, -0.2) is 0 Å². The Balaban J connectivity index is 2.91. The van der Waals surface area contributed by atoms with Crippen LogP contribution in [-0.4, -0.2) is 20.3 Å². The van der Waals surface area contributed by atoms with E-state index < -0.39 is 0 Å². The molecule has 0 spiro atoms. The minimum atomic E-state index is -0.00159. The molecule has 4 nitrogen and oxygen atoms in total. The molecule has 1 aromatic heterocycles. The molecule has 0 bridgehead atoms. The van der Waals surface area contributed by atoms with Gasteiger partial charge in [0.1, 0.15) is 5.82 Å². The predicted molar refractivity (Wildman–Crippen MR) is 58.3 cm³/mol. The molecule has 78 valence electrons. The normalized spacial score (nSPS) is 11.4. The summed E-state index contributed by atoms with van der Waals surface area (Å²) in [6, 6.07) is 0. The molecule has 0 amide bonds. The van der Waals surface area contributed by atoms with Gasteiger partial charge in [0.25, 0.3) is 0 Å². The van der Waals surface area contributed by atoms with Gasteiger partial charge in [-0.15, -0.1) is 16.8 Å². The Morgan fingerprint density at radius 3 is 2.57 bits per heavy atom. The summed E-state index contributed by atoms with van der Waals surface area (Å²) in [6.45, 7) is 12.7. The van der Waals surface area contributed by atoms with Crippen LogP contribution in [-0.2, 0) is 6.54 Å². The highest BCUT2D eigenvalue weighted by Crippen LogP contribution is 2.13. The standard InChI is InChI=1S/C10H18N4/c1-6-7-14-8(2)12-13-9(14)11-10(3,4)5/h6H,1,7H2,2-5H3,(H,11,13). The third-order valence-electron chi connectivity index (χ3n) is 1.73. The van der Waals surface area contributed by atoms with Crippen LogP contribution in [0.5, 0.6) is 0 Å². The lowest BCUT2D eigenvalue weighted by atomic mass is 10.1. The number of aryl methyl sites for hydroxylation is 1. The van der Waals surface area contributed by atoms with Gasteiger partial charge in [-0.2, -0.15) is 0 Å². The number of anilines is 1. The van der Waals surface area contributed by atoms with Crippen molar-refractivity contribution in [1.82, 2.24) is 14.8 Å². The molecule has 14 heavy (non-hydrogen) atoms. The molecule has 0 aliphatic rings. The van der Waals surface area contributed by atoms with Gasteiger partial charge in [0, 0.05) is 12.1 Å². The van der Waals surface area contributed by atoms with E-state index in [1.165, 1.54) is 0 Å². The molecule has 0 saturated carbocycles. The largest absolute Gasteiger partial charge is 0.350 e. The molecule has 4 heteroatoms. The summed E-state index contributed by atoms with van der Waals surface area (Å²) >= 11 is 0. The van der Waals surface area contributed by atoms with Crippen LogP contribution >= 0.6 is 0 Å². The van der Waals surface area contributed by atoms with Crippen LogP contribution in [0.2, 0.25) is 0 Å². The lowest BCUT2D eigenvalue weighted by molar-refractivity contribution is 0.615. The molecular formula is C10H18N4. The van der Waals surface area contributed by atoms with Crippen molar-refractivity contribution >= 4 is 5.95 Å². The quantitative estimate of drug-likeness (QED) is 0.748. The first-order valence-electron chi connectivity index (χ1n) is 4.73. The summed E-state index contributed by atoms with van der Waals surface area (Å²) in [5.74, 6) is 1.70. The van der Waals surface area contributed by atoms with E-state index in [2.05, 4.69) is 42.9 Å². The van der Waals surface area contributed by atoms with Crippen molar-refractivity contribution in [2.45, 2.75) is 39.8 Å². The highest BCUT2D eigenvalue weighted by atomic mass is 15.4. The van der Waals surface area contributed by atoms with Gasteiger partial charge in [0.15, 0.2) is 0 Å². The molecule has 0 atom stereocenters. The number of hydrogen-bond donors (Lipinski definition) is 1. The topological polar surface area (TPSA) is 42.7 Å². The molecule has 0 aliphatic carbocycles. The van der Waals surface area contributed by atoms with Crippen LogP contribution in [0.3, 0.4) is 0 Å². The van der Waals surface area contributed by atoms with Crippen molar-refractivity contribution in [3.63, 3.8) is 0 Å². The first kappa shape index (κ1) is 10.8. The van der Waals surface area contributed by atoms with Crippen molar-refractivity contribution in [1.29, 1.82) is 0 Å². The van der Waals surface area contributed by atoms with E-state index in [0.29, 0.717) is 0 Å². The maximum absolute atomic E-state index is 4.07. The fraction of sp³-hybridized carbons (Fsp3) is 0.600. The summed E-state index contributed by atoms with van der Waals surface area (Å²) in [6.07, 6.45) is 1.84. The first-order valence-corrected chi connectivity index (χ1v) is 4.73. The molecular weight excluding hydrogens is 176 g/mol. The van der Waals surface area contributed by atoms with Gasteiger partial charge in [0.2, 0.25) is 5.95 Å². The van der Waals surface area contributed by atoms with E-state index in [1.54, 1.807) is 0 Å². The molecule has 0 saturated heterocycles. The Morgan fingerprint density at radius 2 is 2.07 bits per heavy atom. The average molecular weight is 194 g/mol. The predicted octanol–water partition coefficient (Wildman–Crippen LogP) is 1.98. The van der Waals surface area contributed by atoms with Gasteiger partial charge in [-0.05, 0) is 27.7 Å². The molecule has 0 aromatic carbocycles. The monoisotopic (exact) mass is 194 g/mol. The van der Waals surface area contributed by atoms with E-state index in [4.69, 9.17) is 0 Å². The zero-order valence-corrected chi connectivity index (χ0v) is 9.33. The molecule has 0 radical (unpaired) electrons. The van der Waals surface area contributed by atoms with E-state index in [0.717, 1.165) is 18.3 Å². The van der Waals surface area contributed by atoms with E-state index in [-0.39, 0.29) is 5.54 Å². The molecule has 0 fully saturated rings. The van der Waals surface area contributed by atoms with E-state index >= 15 is 0 Å². The zero-order valence-electron chi connectivity index (χ0n) is 9.33.